The van der Waals surface area contributed by atoms with E-state index in [1.807, 2.05) is 20.8 Å². The van der Waals surface area contributed by atoms with Gasteiger partial charge in [0.15, 0.2) is 0 Å². The first-order chi connectivity index (χ1) is 8.76. The van der Waals surface area contributed by atoms with E-state index < -0.39 is 6.10 Å². The van der Waals surface area contributed by atoms with Crippen LogP contribution in [0, 0.1) is 0 Å². The molecule has 1 unspecified atom stereocenters. The zero-order chi connectivity index (χ0) is 14.5. The molecule has 1 rings (SSSR count). The maximum absolute atomic E-state index is 9.71. The lowest BCUT2D eigenvalue weighted by atomic mass is 10.1. The predicted octanol–water partition coefficient (Wildman–Crippen LogP) is 1.36. The van der Waals surface area contributed by atoms with Crippen LogP contribution in [-0.2, 0) is 11.3 Å². The van der Waals surface area contributed by atoms with Crippen LogP contribution < -0.4 is 5.32 Å². The quantitative estimate of drug-likeness (QED) is 0.627. The van der Waals surface area contributed by atoms with Crippen LogP contribution in [0.25, 0.3) is 0 Å². The fraction of sp³-hybridized carbons (Fsp3) is 0.571. The Morgan fingerprint density at radius 3 is 2.26 bits per heavy atom. The van der Waals surface area contributed by atoms with Gasteiger partial charge in [-0.15, -0.1) is 0 Å². The van der Waals surface area contributed by atoms with Crippen molar-refractivity contribution >= 4 is 0 Å². The lowest BCUT2D eigenvalue weighted by Gasteiger charge is -2.22. The second-order valence-electron chi connectivity index (χ2n) is 5.66. The molecule has 1 aromatic carbocycles. The number of phenolic OH excluding ortho intramolecular Hbond substituents is 2. The van der Waals surface area contributed by atoms with Crippen LogP contribution >= 0.6 is 0 Å². The molecule has 0 amide bonds. The Balaban J connectivity index is 2.29. The molecule has 0 bridgehead atoms. The molecule has 4 N–H and O–H groups in total. The first-order valence-electron chi connectivity index (χ1n) is 6.29. The van der Waals surface area contributed by atoms with Gasteiger partial charge in [0.1, 0.15) is 11.5 Å². The number of aliphatic hydroxyl groups excluding tert-OH is 1. The van der Waals surface area contributed by atoms with Crippen LogP contribution in [0.4, 0.5) is 0 Å². The standard InChI is InChI=1S/C14H23NO4/c1-14(2,3)15-7-13(18)9-19-8-10-4-11(16)6-12(17)5-10/h4-6,13,15-18H,7-9H2,1-3H3. The van der Waals surface area contributed by atoms with Gasteiger partial charge in [-0.1, -0.05) is 0 Å². The molecule has 5 heteroatoms. The number of rotatable bonds is 6. The maximum atomic E-state index is 9.71. The molecule has 0 aromatic heterocycles. The van der Waals surface area contributed by atoms with Crippen molar-refractivity contribution in [2.45, 2.75) is 39.0 Å². The van der Waals surface area contributed by atoms with Gasteiger partial charge in [0, 0.05) is 18.2 Å². The normalized spacial score (nSPS) is 13.5. The van der Waals surface area contributed by atoms with Crippen LogP contribution in [0.1, 0.15) is 26.3 Å². The van der Waals surface area contributed by atoms with E-state index in [9.17, 15) is 15.3 Å². The predicted molar refractivity (Wildman–Crippen MR) is 73.2 cm³/mol. The summed E-state index contributed by atoms with van der Waals surface area (Å²) in [5.74, 6) is -0.0119. The van der Waals surface area contributed by atoms with E-state index in [1.54, 1.807) is 0 Å². The Kier molecular flexibility index (Phi) is 5.60. The molecule has 108 valence electrons. The SMILES string of the molecule is CC(C)(C)NCC(O)COCc1cc(O)cc(O)c1. The highest BCUT2D eigenvalue weighted by Gasteiger charge is 2.12. The first kappa shape index (κ1) is 15.8. The number of hydrogen-bond donors (Lipinski definition) is 4. The summed E-state index contributed by atoms with van der Waals surface area (Å²) in [5, 5.41) is 31.5. The number of aromatic hydroxyl groups is 2. The van der Waals surface area contributed by atoms with E-state index in [0.29, 0.717) is 12.1 Å². The van der Waals surface area contributed by atoms with E-state index in [0.717, 1.165) is 0 Å². The molecule has 0 saturated carbocycles. The maximum Gasteiger partial charge on any atom is 0.119 e. The van der Waals surface area contributed by atoms with Gasteiger partial charge in [0.25, 0.3) is 0 Å². The first-order valence-corrected chi connectivity index (χ1v) is 6.29. The lowest BCUT2D eigenvalue weighted by molar-refractivity contribution is 0.0261. The number of benzene rings is 1. The summed E-state index contributed by atoms with van der Waals surface area (Å²) < 4.78 is 5.34. The topological polar surface area (TPSA) is 82.0 Å². The summed E-state index contributed by atoms with van der Waals surface area (Å²) in [7, 11) is 0. The molecule has 1 aromatic rings. The fourth-order valence-electron chi connectivity index (χ4n) is 1.54. The monoisotopic (exact) mass is 269 g/mol. The molecule has 1 atom stereocenters. The molecule has 0 fully saturated rings. The third-order valence-corrected chi connectivity index (χ3v) is 2.41. The Bertz CT molecular complexity index is 381. The highest BCUT2D eigenvalue weighted by Crippen LogP contribution is 2.20. The zero-order valence-electron chi connectivity index (χ0n) is 11.7. The van der Waals surface area contributed by atoms with Crippen molar-refractivity contribution in [2.75, 3.05) is 13.2 Å². The summed E-state index contributed by atoms with van der Waals surface area (Å²) in [4.78, 5) is 0. The number of phenols is 2. The number of ether oxygens (including phenoxy) is 1. The summed E-state index contributed by atoms with van der Waals surface area (Å²) in [5.41, 5.74) is 0.617. The summed E-state index contributed by atoms with van der Waals surface area (Å²) in [6.45, 7) is 6.95. The molecule has 0 saturated heterocycles. The van der Waals surface area contributed by atoms with Gasteiger partial charge in [-0.25, -0.2) is 0 Å². The molecule has 0 radical (unpaired) electrons. The smallest absolute Gasteiger partial charge is 0.119 e. The second kappa shape index (κ2) is 6.75. The lowest BCUT2D eigenvalue weighted by Crippen LogP contribution is -2.42. The Morgan fingerprint density at radius 1 is 1.16 bits per heavy atom. The van der Waals surface area contributed by atoms with Crippen molar-refractivity contribution in [3.63, 3.8) is 0 Å². The van der Waals surface area contributed by atoms with Crippen molar-refractivity contribution in [3.8, 4) is 11.5 Å². The van der Waals surface area contributed by atoms with Crippen LogP contribution in [0.5, 0.6) is 11.5 Å². The summed E-state index contributed by atoms with van der Waals surface area (Å²) in [6, 6.07) is 4.28. The minimum atomic E-state index is -0.592. The molecule has 19 heavy (non-hydrogen) atoms. The van der Waals surface area contributed by atoms with Gasteiger partial charge in [-0.05, 0) is 38.5 Å². The summed E-state index contributed by atoms with van der Waals surface area (Å²) >= 11 is 0. The third kappa shape index (κ3) is 7.00. The molecule has 0 aliphatic rings. The van der Waals surface area contributed by atoms with E-state index in [2.05, 4.69) is 5.32 Å². The number of β-amino-alcohol motifs (C(OH)–C–C–N with tert-alkyl or cyclic N) is 1. The Labute approximate surface area is 113 Å². The Morgan fingerprint density at radius 2 is 1.74 bits per heavy atom. The van der Waals surface area contributed by atoms with Crippen molar-refractivity contribution in [1.82, 2.24) is 5.32 Å². The van der Waals surface area contributed by atoms with Crippen LogP contribution in [0.3, 0.4) is 0 Å². The van der Waals surface area contributed by atoms with Gasteiger partial charge >= 0.3 is 0 Å². The third-order valence-electron chi connectivity index (χ3n) is 2.41. The van der Waals surface area contributed by atoms with E-state index in [-0.39, 0.29) is 30.3 Å². The van der Waals surface area contributed by atoms with Crippen LogP contribution in [0.2, 0.25) is 0 Å². The second-order valence-corrected chi connectivity index (χ2v) is 5.66. The highest BCUT2D eigenvalue weighted by molar-refractivity contribution is 5.36. The largest absolute Gasteiger partial charge is 0.508 e. The fourth-order valence-corrected chi connectivity index (χ4v) is 1.54. The molecular formula is C14H23NO4. The average molecular weight is 269 g/mol. The minimum Gasteiger partial charge on any atom is -0.508 e. The summed E-state index contributed by atoms with van der Waals surface area (Å²) in [6.07, 6.45) is -0.592. The van der Waals surface area contributed by atoms with Crippen LogP contribution in [0.15, 0.2) is 18.2 Å². The van der Waals surface area contributed by atoms with Crippen molar-refractivity contribution in [3.05, 3.63) is 23.8 Å². The van der Waals surface area contributed by atoms with Gasteiger partial charge in [-0.3, -0.25) is 0 Å². The average Bonchev–Trinajstić information content (AvgIpc) is 2.24. The molecule has 0 heterocycles. The number of hydrogen-bond acceptors (Lipinski definition) is 5. The van der Waals surface area contributed by atoms with Crippen molar-refractivity contribution < 1.29 is 20.1 Å². The number of aliphatic hydroxyl groups is 1. The minimum absolute atomic E-state index is 0.00597. The molecule has 0 aliphatic carbocycles. The molecule has 5 nitrogen and oxygen atoms in total. The van der Waals surface area contributed by atoms with Gasteiger partial charge in [-0.2, -0.15) is 0 Å². The zero-order valence-corrected chi connectivity index (χ0v) is 11.7. The van der Waals surface area contributed by atoms with E-state index >= 15 is 0 Å². The molecular weight excluding hydrogens is 246 g/mol. The highest BCUT2D eigenvalue weighted by atomic mass is 16.5. The van der Waals surface area contributed by atoms with E-state index in [4.69, 9.17) is 4.74 Å². The van der Waals surface area contributed by atoms with Crippen molar-refractivity contribution in [1.29, 1.82) is 0 Å². The van der Waals surface area contributed by atoms with E-state index in [1.165, 1.54) is 18.2 Å². The van der Waals surface area contributed by atoms with Crippen LogP contribution in [-0.4, -0.2) is 40.1 Å². The van der Waals surface area contributed by atoms with Gasteiger partial charge < -0.3 is 25.4 Å². The van der Waals surface area contributed by atoms with Gasteiger partial charge in [0.2, 0.25) is 0 Å². The van der Waals surface area contributed by atoms with Crippen molar-refractivity contribution in [2.24, 2.45) is 0 Å². The Hall–Kier alpha value is -1.30. The molecule has 0 aliphatic heterocycles. The number of nitrogens with one attached hydrogen (secondary N) is 1. The molecule has 0 spiro atoms. The van der Waals surface area contributed by atoms with Gasteiger partial charge in [0.05, 0.1) is 19.3 Å².